The first-order valence-corrected chi connectivity index (χ1v) is 6.41. The molecule has 0 saturated heterocycles. The van der Waals surface area contributed by atoms with Gasteiger partial charge in [0.05, 0.1) is 12.2 Å². The molecule has 1 aromatic rings. The summed E-state index contributed by atoms with van der Waals surface area (Å²) in [5.74, 6) is 0.253. The molecule has 1 unspecified atom stereocenters. The van der Waals surface area contributed by atoms with Crippen molar-refractivity contribution in [2.75, 3.05) is 6.61 Å². The first-order valence-electron chi connectivity index (χ1n) is 6.41. The third-order valence-electron chi connectivity index (χ3n) is 2.94. The molecular formula is C15H21O2. The Balaban J connectivity index is 2.36. The zero-order chi connectivity index (χ0) is 12.5. The van der Waals surface area contributed by atoms with Crippen molar-refractivity contribution in [1.82, 2.24) is 0 Å². The van der Waals surface area contributed by atoms with Crippen LogP contribution in [0.2, 0.25) is 0 Å². The van der Waals surface area contributed by atoms with Crippen molar-refractivity contribution >= 4 is 5.97 Å². The van der Waals surface area contributed by atoms with Crippen LogP contribution in [-0.2, 0) is 4.74 Å². The van der Waals surface area contributed by atoms with Crippen LogP contribution in [0.1, 0.15) is 49.9 Å². The average molecular weight is 233 g/mol. The van der Waals surface area contributed by atoms with Crippen LogP contribution < -0.4 is 0 Å². The highest BCUT2D eigenvalue weighted by Gasteiger charge is 2.11. The molecule has 0 heterocycles. The van der Waals surface area contributed by atoms with Gasteiger partial charge in [0.1, 0.15) is 0 Å². The van der Waals surface area contributed by atoms with E-state index in [4.69, 9.17) is 4.74 Å². The first-order chi connectivity index (χ1) is 8.27. The van der Waals surface area contributed by atoms with E-state index in [0.29, 0.717) is 18.1 Å². The number of carbonyl (C=O) groups is 1. The SMILES string of the molecule is CCCCC(CC)COC(=O)c1c[c]ccc1. The van der Waals surface area contributed by atoms with Gasteiger partial charge in [-0.05, 0) is 30.5 Å². The van der Waals surface area contributed by atoms with Crippen LogP contribution >= 0.6 is 0 Å². The molecule has 1 radical (unpaired) electrons. The second-order valence-electron chi connectivity index (χ2n) is 4.31. The largest absolute Gasteiger partial charge is 0.462 e. The van der Waals surface area contributed by atoms with Gasteiger partial charge in [-0.15, -0.1) is 0 Å². The number of carbonyl (C=O) groups excluding carboxylic acids is 1. The second kappa shape index (κ2) is 7.88. The number of esters is 1. The summed E-state index contributed by atoms with van der Waals surface area (Å²) in [5.41, 5.74) is 0.581. The van der Waals surface area contributed by atoms with Gasteiger partial charge >= 0.3 is 5.97 Å². The van der Waals surface area contributed by atoms with Crippen LogP contribution in [0.25, 0.3) is 0 Å². The summed E-state index contributed by atoms with van der Waals surface area (Å²) < 4.78 is 5.32. The van der Waals surface area contributed by atoms with Crippen molar-refractivity contribution in [3.63, 3.8) is 0 Å². The Labute approximate surface area is 104 Å². The molecule has 0 aromatic heterocycles. The third-order valence-corrected chi connectivity index (χ3v) is 2.94. The predicted octanol–water partition coefficient (Wildman–Crippen LogP) is 3.86. The Hall–Kier alpha value is -1.31. The smallest absolute Gasteiger partial charge is 0.338 e. The van der Waals surface area contributed by atoms with E-state index in [-0.39, 0.29) is 5.97 Å². The van der Waals surface area contributed by atoms with E-state index < -0.39 is 0 Å². The summed E-state index contributed by atoms with van der Waals surface area (Å²) in [7, 11) is 0. The van der Waals surface area contributed by atoms with Gasteiger partial charge in [-0.2, -0.15) is 0 Å². The second-order valence-corrected chi connectivity index (χ2v) is 4.31. The number of hydrogen-bond donors (Lipinski definition) is 0. The molecule has 17 heavy (non-hydrogen) atoms. The Bertz CT molecular complexity index is 319. The third kappa shape index (κ3) is 5.03. The van der Waals surface area contributed by atoms with Gasteiger partial charge in [-0.3, -0.25) is 0 Å². The van der Waals surface area contributed by atoms with Crippen molar-refractivity contribution in [2.45, 2.75) is 39.5 Å². The number of ether oxygens (including phenoxy) is 1. The zero-order valence-corrected chi connectivity index (χ0v) is 10.7. The molecule has 0 fully saturated rings. The molecule has 2 heteroatoms. The Kier molecular flexibility index (Phi) is 6.38. The number of hydrogen-bond acceptors (Lipinski definition) is 2. The fraction of sp³-hybridized carbons (Fsp3) is 0.533. The minimum Gasteiger partial charge on any atom is -0.462 e. The van der Waals surface area contributed by atoms with E-state index in [1.807, 2.05) is 0 Å². The van der Waals surface area contributed by atoms with Gasteiger partial charge in [0, 0.05) is 0 Å². The van der Waals surface area contributed by atoms with Crippen LogP contribution in [0.3, 0.4) is 0 Å². The molecular weight excluding hydrogens is 212 g/mol. The molecule has 93 valence electrons. The molecule has 0 aliphatic rings. The maximum absolute atomic E-state index is 11.7. The molecule has 0 amide bonds. The summed E-state index contributed by atoms with van der Waals surface area (Å²) in [4.78, 5) is 11.7. The van der Waals surface area contributed by atoms with E-state index in [0.717, 1.165) is 12.8 Å². The van der Waals surface area contributed by atoms with Crippen LogP contribution in [0.5, 0.6) is 0 Å². The van der Waals surface area contributed by atoms with Gasteiger partial charge in [0.15, 0.2) is 0 Å². The van der Waals surface area contributed by atoms with Crippen molar-refractivity contribution < 1.29 is 9.53 Å². The maximum atomic E-state index is 11.7. The molecule has 2 nitrogen and oxygen atoms in total. The zero-order valence-electron chi connectivity index (χ0n) is 10.7. The topological polar surface area (TPSA) is 26.3 Å². The molecule has 1 aromatic carbocycles. The van der Waals surface area contributed by atoms with E-state index >= 15 is 0 Å². The average Bonchev–Trinajstić information content (AvgIpc) is 2.39. The van der Waals surface area contributed by atoms with E-state index in [1.165, 1.54) is 12.8 Å². The molecule has 0 spiro atoms. The molecule has 0 aliphatic heterocycles. The minimum atomic E-state index is -0.239. The van der Waals surface area contributed by atoms with Crippen molar-refractivity contribution in [3.05, 3.63) is 35.9 Å². The van der Waals surface area contributed by atoms with Gasteiger partial charge in [0.2, 0.25) is 0 Å². The Morgan fingerprint density at radius 2 is 2.29 bits per heavy atom. The normalized spacial score (nSPS) is 12.1. The highest BCUT2D eigenvalue weighted by Crippen LogP contribution is 2.13. The fourth-order valence-electron chi connectivity index (χ4n) is 1.70. The van der Waals surface area contributed by atoms with E-state index in [9.17, 15) is 4.79 Å². The van der Waals surface area contributed by atoms with E-state index in [1.54, 1.807) is 24.3 Å². The molecule has 0 saturated carbocycles. The molecule has 1 rings (SSSR count). The minimum absolute atomic E-state index is 0.239. The summed E-state index contributed by atoms with van der Waals surface area (Å²) in [6.07, 6.45) is 4.60. The van der Waals surface area contributed by atoms with Gasteiger partial charge in [0.25, 0.3) is 0 Å². The summed E-state index contributed by atoms with van der Waals surface area (Å²) in [6, 6.07) is 9.86. The lowest BCUT2D eigenvalue weighted by Gasteiger charge is -2.14. The van der Waals surface area contributed by atoms with Crippen molar-refractivity contribution in [3.8, 4) is 0 Å². The highest BCUT2D eigenvalue weighted by atomic mass is 16.5. The molecule has 0 N–H and O–H groups in total. The van der Waals surface area contributed by atoms with Crippen LogP contribution in [0.4, 0.5) is 0 Å². The van der Waals surface area contributed by atoms with Crippen LogP contribution in [-0.4, -0.2) is 12.6 Å². The van der Waals surface area contributed by atoms with Gasteiger partial charge in [-0.25, -0.2) is 4.79 Å². The fourth-order valence-corrected chi connectivity index (χ4v) is 1.70. The summed E-state index contributed by atoms with van der Waals surface area (Å²) >= 11 is 0. The van der Waals surface area contributed by atoms with Gasteiger partial charge in [-0.1, -0.05) is 45.2 Å². The maximum Gasteiger partial charge on any atom is 0.338 e. The molecule has 1 atom stereocenters. The van der Waals surface area contributed by atoms with Crippen LogP contribution in [0.15, 0.2) is 24.3 Å². The summed E-state index contributed by atoms with van der Waals surface area (Å²) in [6.45, 7) is 4.85. The first kappa shape index (κ1) is 13.8. The highest BCUT2D eigenvalue weighted by molar-refractivity contribution is 5.89. The lowest BCUT2D eigenvalue weighted by Crippen LogP contribution is -2.13. The predicted molar refractivity (Wildman–Crippen MR) is 68.9 cm³/mol. The lowest BCUT2D eigenvalue weighted by atomic mass is 10.0. The van der Waals surface area contributed by atoms with Crippen molar-refractivity contribution in [1.29, 1.82) is 0 Å². The Morgan fingerprint density at radius 1 is 1.47 bits per heavy atom. The summed E-state index contributed by atoms with van der Waals surface area (Å²) in [5, 5.41) is 0. The van der Waals surface area contributed by atoms with Crippen LogP contribution in [0, 0.1) is 12.0 Å². The monoisotopic (exact) mass is 233 g/mol. The number of benzene rings is 1. The molecule has 0 aliphatic carbocycles. The number of unbranched alkanes of at least 4 members (excludes halogenated alkanes) is 1. The van der Waals surface area contributed by atoms with Crippen molar-refractivity contribution in [2.24, 2.45) is 5.92 Å². The molecule has 0 bridgehead atoms. The number of rotatable bonds is 7. The van der Waals surface area contributed by atoms with Gasteiger partial charge < -0.3 is 4.74 Å². The standard InChI is InChI=1S/C15H21O2/c1-3-5-9-13(4-2)12-17-15(16)14-10-7-6-8-11-14/h6-7,10-11,13H,3-5,9,12H2,1-2H3. The quantitative estimate of drug-likeness (QED) is 0.668. The van der Waals surface area contributed by atoms with E-state index in [2.05, 4.69) is 19.9 Å². The lowest BCUT2D eigenvalue weighted by molar-refractivity contribution is 0.0428. The Morgan fingerprint density at radius 3 is 2.88 bits per heavy atom.